The number of hydrogen-bond acceptors (Lipinski definition) is 4. The quantitative estimate of drug-likeness (QED) is 0.868. The number of hydrogen-bond donors (Lipinski definition) is 0. The van der Waals surface area contributed by atoms with Gasteiger partial charge in [-0.05, 0) is 36.2 Å². The monoisotopic (exact) mass is 323 g/mol. The molecule has 2 aromatic rings. The third-order valence-corrected chi connectivity index (χ3v) is 5.35. The zero-order valence-corrected chi connectivity index (χ0v) is 14.3. The van der Waals surface area contributed by atoms with Crippen LogP contribution in [0, 0.1) is 0 Å². The molecular formula is C20H25N3O. The van der Waals surface area contributed by atoms with Crippen molar-refractivity contribution in [3.8, 4) is 0 Å². The van der Waals surface area contributed by atoms with Crippen LogP contribution in [0.3, 0.4) is 0 Å². The van der Waals surface area contributed by atoms with E-state index in [0.717, 1.165) is 39.2 Å². The van der Waals surface area contributed by atoms with E-state index in [1.807, 2.05) is 12.4 Å². The van der Waals surface area contributed by atoms with Gasteiger partial charge in [0.2, 0.25) is 0 Å². The number of fused-ring (bicyclic) bond motifs is 1. The Morgan fingerprint density at radius 3 is 2.79 bits per heavy atom. The SMILES string of the molecule is CCN1CCN(c2ccncc2)CC1C1OCCc2ccccc21. The van der Waals surface area contributed by atoms with Crippen molar-refractivity contribution in [2.45, 2.75) is 25.5 Å². The summed E-state index contributed by atoms with van der Waals surface area (Å²) in [5.74, 6) is 0. The molecule has 2 aliphatic rings. The lowest BCUT2D eigenvalue weighted by Gasteiger charge is -2.46. The van der Waals surface area contributed by atoms with Gasteiger partial charge in [-0.1, -0.05) is 31.2 Å². The van der Waals surface area contributed by atoms with Crippen LogP contribution in [0.25, 0.3) is 0 Å². The summed E-state index contributed by atoms with van der Waals surface area (Å²) in [7, 11) is 0. The Kier molecular flexibility index (Phi) is 4.50. The van der Waals surface area contributed by atoms with Crippen LogP contribution in [0.2, 0.25) is 0 Å². The normalized spacial score (nSPS) is 24.6. The highest BCUT2D eigenvalue weighted by Gasteiger charge is 2.36. The van der Waals surface area contributed by atoms with Crippen molar-refractivity contribution in [2.24, 2.45) is 0 Å². The van der Waals surface area contributed by atoms with Crippen molar-refractivity contribution in [2.75, 3.05) is 37.7 Å². The fourth-order valence-electron chi connectivity index (χ4n) is 4.06. The molecule has 126 valence electrons. The van der Waals surface area contributed by atoms with Crippen molar-refractivity contribution in [3.63, 3.8) is 0 Å². The first-order valence-corrected chi connectivity index (χ1v) is 8.95. The van der Waals surface area contributed by atoms with E-state index in [4.69, 9.17) is 4.74 Å². The van der Waals surface area contributed by atoms with Crippen molar-refractivity contribution in [3.05, 3.63) is 59.9 Å². The number of pyridine rings is 1. The molecule has 2 atom stereocenters. The van der Waals surface area contributed by atoms with E-state index in [9.17, 15) is 0 Å². The molecule has 4 rings (SSSR count). The zero-order chi connectivity index (χ0) is 16.4. The van der Waals surface area contributed by atoms with Gasteiger partial charge in [-0.3, -0.25) is 9.88 Å². The Morgan fingerprint density at radius 1 is 1.12 bits per heavy atom. The molecular weight excluding hydrogens is 298 g/mol. The van der Waals surface area contributed by atoms with E-state index >= 15 is 0 Å². The minimum Gasteiger partial charge on any atom is -0.371 e. The minimum absolute atomic E-state index is 0.166. The summed E-state index contributed by atoms with van der Waals surface area (Å²) in [4.78, 5) is 9.19. The molecule has 0 bridgehead atoms. The Bertz CT molecular complexity index is 676. The molecule has 0 aliphatic carbocycles. The van der Waals surface area contributed by atoms with Gasteiger partial charge in [0, 0.05) is 37.7 Å². The maximum Gasteiger partial charge on any atom is 0.1000 e. The van der Waals surface area contributed by atoms with E-state index in [-0.39, 0.29) is 6.10 Å². The van der Waals surface area contributed by atoms with Crippen molar-refractivity contribution >= 4 is 5.69 Å². The maximum absolute atomic E-state index is 6.28. The Hall–Kier alpha value is -1.91. The molecule has 1 fully saturated rings. The summed E-state index contributed by atoms with van der Waals surface area (Å²) >= 11 is 0. The Morgan fingerprint density at radius 2 is 1.96 bits per heavy atom. The van der Waals surface area contributed by atoms with Crippen LogP contribution in [0.15, 0.2) is 48.8 Å². The number of benzene rings is 1. The highest BCUT2D eigenvalue weighted by Crippen LogP contribution is 2.34. The first-order valence-electron chi connectivity index (χ1n) is 8.95. The van der Waals surface area contributed by atoms with Crippen LogP contribution in [0.1, 0.15) is 24.2 Å². The topological polar surface area (TPSA) is 28.6 Å². The number of rotatable bonds is 3. The Balaban J connectivity index is 1.62. The van der Waals surface area contributed by atoms with Crippen molar-refractivity contribution in [1.29, 1.82) is 0 Å². The van der Waals surface area contributed by atoms with Gasteiger partial charge in [-0.2, -0.15) is 0 Å². The van der Waals surface area contributed by atoms with Gasteiger partial charge in [-0.15, -0.1) is 0 Å². The molecule has 0 N–H and O–H groups in total. The summed E-state index contributed by atoms with van der Waals surface area (Å²) in [6.45, 7) is 7.27. The first kappa shape index (κ1) is 15.6. The van der Waals surface area contributed by atoms with Crippen LogP contribution in [-0.2, 0) is 11.2 Å². The Labute approximate surface area is 144 Å². The molecule has 24 heavy (non-hydrogen) atoms. The van der Waals surface area contributed by atoms with Crippen LogP contribution < -0.4 is 4.90 Å². The van der Waals surface area contributed by atoms with Gasteiger partial charge in [0.25, 0.3) is 0 Å². The largest absolute Gasteiger partial charge is 0.371 e. The standard InChI is InChI=1S/C20H25N3O/c1-2-22-12-13-23(17-7-10-21-11-8-17)15-19(22)20-18-6-4-3-5-16(18)9-14-24-20/h3-8,10-11,19-20H,2,9,12-15H2,1H3. The molecule has 3 heterocycles. The maximum atomic E-state index is 6.28. The first-order chi connectivity index (χ1) is 11.9. The molecule has 0 radical (unpaired) electrons. The summed E-state index contributed by atoms with van der Waals surface area (Å²) < 4.78 is 6.28. The fraction of sp³-hybridized carbons (Fsp3) is 0.450. The average Bonchev–Trinajstić information content (AvgIpc) is 2.68. The molecule has 2 unspecified atom stereocenters. The van der Waals surface area contributed by atoms with Gasteiger partial charge < -0.3 is 9.64 Å². The van der Waals surface area contributed by atoms with Gasteiger partial charge in [-0.25, -0.2) is 0 Å². The van der Waals surface area contributed by atoms with E-state index in [1.54, 1.807) is 0 Å². The van der Waals surface area contributed by atoms with Crippen LogP contribution >= 0.6 is 0 Å². The lowest BCUT2D eigenvalue weighted by Crippen LogP contribution is -2.56. The number of aromatic nitrogens is 1. The van der Waals surface area contributed by atoms with Crippen LogP contribution in [0.4, 0.5) is 5.69 Å². The third-order valence-electron chi connectivity index (χ3n) is 5.35. The van der Waals surface area contributed by atoms with Crippen LogP contribution in [-0.4, -0.2) is 48.7 Å². The molecule has 0 amide bonds. The van der Waals surface area contributed by atoms with Gasteiger partial charge in [0.1, 0.15) is 0 Å². The second-order valence-corrected chi connectivity index (χ2v) is 6.59. The summed E-state index contributed by atoms with van der Waals surface area (Å²) in [5, 5.41) is 0. The molecule has 2 aliphatic heterocycles. The summed E-state index contributed by atoms with van der Waals surface area (Å²) in [5.41, 5.74) is 4.09. The molecule has 0 spiro atoms. The second-order valence-electron chi connectivity index (χ2n) is 6.59. The van der Waals surface area contributed by atoms with Gasteiger partial charge in [0.15, 0.2) is 0 Å². The molecule has 4 nitrogen and oxygen atoms in total. The zero-order valence-electron chi connectivity index (χ0n) is 14.3. The molecule has 0 saturated carbocycles. The summed E-state index contributed by atoms with van der Waals surface area (Å²) in [6.07, 6.45) is 4.95. The van der Waals surface area contributed by atoms with E-state index in [2.05, 4.69) is 58.1 Å². The van der Waals surface area contributed by atoms with Gasteiger partial charge >= 0.3 is 0 Å². The van der Waals surface area contributed by atoms with Gasteiger partial charge in [0.05, 0.1) is 18.8 Å². The highest BCUT2D eigenvalue weighted by molar-refractivity contribution is 5.46. The molecule has 1 saturated heterocycles. The number of piperazine rings is 1. The molecule has 1 aromatic heterocycles. The number of nitrogens with zero attached hydrogens (tertiary/aromatic N) is 3. The smallest absolute Gasteiger partial charge is 0.1000 e. The van der Waals surface area contributed by atoms with Crippen molar-refractivity contribution in [1.82, 2.24) is 9.88 Å². The number of likely N-dealkylation sites (N-methyl/N-ethyl adjacent to an activating group) is 1. The second kappa shape index (κ2) is 6.91. The predicted molar refractivity (Wildman–Crippen MR) is 96.3 cm³/mol. The lowest BCUT2D eigenvalue weighted by molar-refractivity contribution is -0.0265. The number of ether oxygens (including phenoxy) is 1. The van der Waals surface area contributed by atoms with E-state index in [1.165, 1.54) is 16.8 Å². The number of anilines is 1. The average molecular weight is 323 g/mol. The minimum atomic E-state index is 0.166. The molecule has 1 aromatic carbocycles. The van der Waals surface area contributed by atoms with E-state index < -0.39 is 0 Å². The van der Waals surface area contributed by atoms with Crippen molar-refractivity contribution < 1.29 is 4.74 Å². The van der Waals surface area contributed by atoms with E-state index in [0.29, 0.717) is 6.04 Å². The fourth-order valence-corrected chi connectivity index (χ4v) is 4.06. The lowest BCUT2D eigenvalue weighted by atomic mass is 9.91. The third kappa shape index (κ3) is 2.92. The highest BCUT2D eigenvalue weighted by atomic mass is 16.5. The van der Waals surface area contributed by atoms with Crippen LogP contribution in [0.5, 0.6) is 0 Å². The summed E-state index contributed by atoms with van der Waals surface area (Å²) in [6, 6.07) is 13.4. The predicted octanol–water partition coefficient (Wildman–Crippen LogP) is 2.91. The molecule has 4 heteroatoms.